The second kappa shape index (κ2) is 12.5. The average Bonchev–Trinajstić information content (AvgIpc) is 2.52. The SMILES string of the molecule is C=CCC(CCCCCCOC(=O)C[C@H](O)C=C)O[Si](C)(C)C(C)(C)C. The van der Waals surface area contributed by atoms with Crippen LogP contribution in [0.2, 0.25) is 18.1 Å². The third kappa shape index (κ3) is 10.9. The summed E-state index contributed by atoms with van der Waals surface area (Å²) in [6, 6.07) is 0. The Morgan fingerprint density at radius 2 is 1.77 bits per heavy atom. The van der Waals surface area contributed by atoms with Crippen molar-refractivity contribution in [3.8, 4) is 0 Å². The van der Waals surface area contributed by atoms with Crippen molar-refractivity contribution in [3.05, 3.63) is 25.3 Å². The highest BCUT2D eigenvalue weighted by molar-refractivity contribution is 6.74. The van der Waals surface area contributed by atoms with Crippen molar-refractivity contribution >= 4 is 14.3 Å². The van der Waals surface area contributed by atoms with Crippen LogP contribution in [0, 0.1) is 0 Å². The minimum absolute atomic E-state index is 0.0163. The highest BCUT2D eigenvalue weighted by Gasteiger charge is 2.38. The Kier molecular flexibility index (Phi) is 12.0. The van der Waals surface area contributed by atoms with Crippen LogP contribution in [0.15, 0.2) is 25.3 Å². The molecule has 0 aromatic rings. The highest BCUT2D eigenvalue weighted by Crippen LogP contribution is 2.38. The van der Waals surface area contributed by atoms with Crippen LogP contribution in [0.3, 0.4) is 0 Å². The maximum absolute atomic E-state index is 11.4. The van der Waals surface area contributed by atoms with Gasteiger partial charge in [0.05, 0.1) is 19.1 Å². The molecule has 0 aliphatic heterocycles. The van der Waals surface area contributed by atoms with Gasteiger partial charge in [0.15, 0.2) is 8.32 Å². The first-order chi connectivity index (χ1) is 12.0. The lowest BCUT2D eigenvalue weighted by Gasteiger charge is -2.39. The zero-order valence-corrected chi connectivity index (χ0v) is 18.6. The van der Waals surface area contributed by atoms with Gasteiger partial charge in [-0.3, -0.25) is 4.79 Å². The molecule has 1 N–H and O–H groups in total. The number of carbonyl (C=O) groups is 1. The lowest BCUT2D eigenvalue weighted by atomic mass is 10.1. The first kappa shape index (κ1) is 25.1. The Bertz CT molecular complexity index is 426. The summed E-state index contributed by atoms with van der Waals surface area (Å²) in [4.78, 5) is 11.4. The number of ether oxygens (including phenoxy) is 1. The molecule has 0 rings (SSSR count). The molecule has 0 spiro atoms. The molecule has 4 nitrogen and oxygen atoms in total. The van der Waals surface area contributed by atoms with Crippen molar-refractivity contribution in [2.45, 2.75) is 96.1 Å². The van der Waals surface area contributed by atoms with Gasteiger partial charge in [0.25, 0.3) is 0 Å². The van der Waals surface area contributed by atoms with Gasteiger partial charge in [-0.25, -0.2) is 0 Å². The number of aliphatic hydroxyl groups excluding tert-OH is 1. The molecular weight excluding hydrogens is 344 g/mol. The summed E-state index contributed by atoms with van der Waals surface area (Å²) >= 11 is 0. The molecule has 0 saturated heterocycles. The zero-order valence-electron chi connectivity index (χ0n) is 17.6. The van der Waals surface area contributed by atoms with E-state index in [0.29, 0.717) is 6.61 Å². The molecule has 2 atom stereocenters. The Morgan fingerprint density at radius 1 is 1.15 bits per heavy atom. The fraction of sp³-hybridized carbons (Fsp3) is 0.762. The summed E-state index contributed by atoms with van der Waals surface area (Å²) in [6.07, 6.45) is 8.75. The monoisotopic (exact) mass is 384 g/mol. The molecule has 0 aromatic heterocycles. The Hall–Kier alpha value is -0.913. The highest BCUT2D eigenvalue weighted by atomic mass is 28.4. The molecule has 5 heteroatoms. The van der Waals surface area contributed by atoms with Crippen LogP contribution in [-0.2, 0) is 14.0 Å². The lowest BCUT2D eigenvalue weighted by molar-refractivity contribution is -0.145. The second-order valence-corrected chi connectivity index (χ2v) is 13.2. The van der Waals surface area contributed by atoms with Gasteiger partial charge < -0.3 is 14.3 Å². The van der Waals surface area contributed by atoms with E-state index in [1.54, 1.807) is 0 Å². The number of aliphatic hydroxyl groups is 1. The third-order valence-corrected chi connectivity index (χ3v) is 9.56. The predicted molar refractivity (Wildman–Crippen MR) is 112 cm³/mol. The van der Waals surface area contributed by atoms with E-state index in [-0.39, 0.29) is 23.5 Å². The minimum atomic E-state index is -1.75. The van der Waals surface area contributed by atoms with Crippen LogP contribution in [0.25, 0.3) is 0 Å². The van der Waals surface area contributed by atoms with Crippen molar-refractivity contribution in [2.75, 3.05) is 6.61 Å². The van der Waals surface area contributed by atoms with E-state index < -0.39 is 14.4 Å². The second-order valence-electron chi connectivity index (χ2n) is 8.46. The minimum Gasteiger partial charge on any atom is -0.466 e. The molecule has 1 unspecified atom stereocenters. The van der Waals surface area contributed by atoms with Crippen molar-refractivity contribution in [1.29, 1.82) is 0 Å². The number of unbranched alkanes of at least 4 members (excludes halogenated alkanes) is 3. The quantitative estimate of drug-likeness (QED) is 0.189. The maximum atomic E-state index is 11.4. The lowest BCUT2D eigenvalue weighted by Crippen LogP contribution is -2.43. The van der Waals surface area contributed by atoms with Gasteiger partial charge in [0.1, 0.15) is 0 Å². The first-order valence-corrected chi connectivity index (χ1v) is 12.7. The van der Waals surface area contributed by atoms with Crippen molar-refractivity contribution < 1.29 is 19.1 Å². The van der Waals surface area contributed by atoms with Crippen LogP contribution in [0.5, 0.6) is 0 Å². The maximum Gasteiger partial charge on any atom is 0.308 e. The van der Waals surface area contributed by atoms with Crippen LogP contribution < -0.4 is 0 Å². The molecule has 0 amide bonds. The predicted octanol–water partition coefficient (Wildman–Crippen LogP) is 5.38. The van der Waals surface area contributed by atoms with Gasteiger partial charge in [-0.05, 0) is 37.4 Å². The number of hydrogen-bond donors (Lipinski definition) is 1. The van der Waals surface area contributed by atoms with Crippen LogP contribution >= 0.6 is 0 Å². The van der Waals surface area contributed by atoms with E-state index >= 15 is 0 Å². The van der Waals surface area contributed by atoms with Crippen molar-refractivity contribution in [1.82, 2.24) is 0 Å². The zero-order chi connectivity index (χ0) is 20.2. The molecule has 152 valence electrons. The molecular formula is C21H40O4Si. The van der Waals surface area contributed by atoms with Gasteiger partial charge in [-0.15, -0.1) is 13.2 Å². The standard InChI is InChI=1S/C21H40O4Si/c1-8-14-19(25-26(6,7)21(3,4)5)15-12-10-11-13-16-24-20(23)17-18(22)9-2/h8-9,18-19,22H,1-2,10-17H2,3-7H3/t18-,19?/m1/s1. The Labute approximate surface area is 161 Å². The fourth-order valence-electron chi connectivity index (χ4n) is 2.33. The van der Waals surface area contributed by atoms with E-state index in [9.17, 15) is 9.90 Å². The topological polar surface area (TPSA) is 55.8 Å². The summed E-state index contributed by atoms with van der Waals surface area (Å²) < 4.78 is 11.6. The van der Waals surface area contributed by atoms with E-state index in [1.807, 2.05) is 6.08 Å². The normalized spacial score (nSPS) is 14.5. The van der Waals surface area contributed by atoms with Crippen molar-refractivity contribution in [3.63, 3.8) is 0 Å². The summed E-state index contributed by atoms with van der Waals surface area (Å²) in [7, 11) is -1.75. The smallest absolute Gasteiger partial charge is 0.308 e. The molecule has 26 heavy (non-hydrogen) atoms. The van der Waals surface area contributed by atoms with Crippen LogP contribution in [0.1, 0.15) is 65.7 Å². The van der Waals surface area contributed by atoms with Gasteiger partial charge in [0, 0.05) is 6.10 Å². The van der Waals surface area contributed by atoms with Crippen LogP contribution in [-0.4, -0.2) is 38.2 Å². The van der Waals surface area contributed by atoms with E-state index in [4.69, 9.17) is 9.16 Å². The summed E-state index contributed by atoms with van der Waals surface area (Å²) in [6.45, 7) is 19.1. The molecule has 0 radical (unpaired) electrons. The molecule has 0 aromatic carbocycles. The van der Waals surface area contributed by atoms with Gasteiger partial charge in [-0.1, -0.05) is 52.2 Å². The number of rotatable bonds is 14. The Morgan fingerprint density at radius 3 is 2.31 bits per heavy atom. The summed E-state index contributed by atoms with van der Waals surface area (Å²) in [5.41, 5.74) is 0. The molecule has 0 aliphatic rings. The van der Waals surface area contributed by atoms with E-state index in [1.165, 1.54) is 6.08 Å². The largest absolute Gasteiger partial charge is 0.466 e. The van der Waals surface area contributed by atoms with Gasteiger partial charge in [0.2, 0.25) is 0 Å². The average molecular weight is 385 g/mol. The first-order valence-electron chi connectivity index (χ1n) is 9.78. The summed E-state index contributed by atoms with van der Waals surface area (Å²) in [5, 5.41) is 9.51. The molecule has 0 saturated carbocycles. The number of hydrogen-bond acceptors (Lipinski definition) is 4. The van der Waals surface area contributed by atoms with Crippen LogP contribution in [0.4, 0.5) is 0 Å². The van der Waals surface area contributed by atoms with E-state index in [2.05, 4.69) is 47.0 Å². The molecule has 0 aliphatic carbocycles. The molecule has 0 bridgehead atoms. The van der Waals surface area contributed by atoms with Gasteiger partial charge in [-0.2, -0.15) is 0 Å². The third-order valence-electron chi connectivity index (χ3n) is 5.03. The number of esters is 1. The molecule has 0 heterocycles. The number of carbonyl (C=O) groups excluding carboxylic acids is 1. The Balaban J connectivity index is 3.99. The summed E-state index contributed by atoms with van der Waals surface area (Å²) in [5.74, 6) is -0.369. The van der Waals surface area contributed by atoms with E-state index in [0.717, 1.165) is 38.5 Å². The van der Waals surface area contributed by atoms with Gasteiger partial charge >= 0.3 is 5.97 Å². The molecule has 0 fully saturated rings. The fourth-order valence-corrected chi connectivity index (χ4v) is 3.73. The van der Waals surface area contributed by atoms with Crippen molar-refractivity contribution in [2.24, 2.45) is 0 Å².